The third kappa shape index (κ3) is 9.25. The van der Waals surface area contributed by atoms with Crippen molar-refractivity contribution in [1.29, 1.82) is 0 Å². The summed E-state index contributed by atoms with van der Waals surface area (Å²) in [4.78, 5) is 15.0. The Labute approximate surface area is 293 Å². The maximum atomic E-state index is 12.8. The maximum absolute atomic E-state index is 12.8. The number of urea groups is 1. The van der Waals surface area contributed by atoms with Crippen LogP contribution in [0.15, 0.2) is 140 Å². The highest BCUT2D eigenvalue weighted by atomic mass is 16.7. The Hall–Kier alpha value is -5.25. The van der Waals surface area contributed by atoms with Gasteiger partial charge in [0.05, 0.1) is 18.8 Å². The Bertz CT molecular complexity index is 1830. The fourth-order valence-corrected chi connectivity index (χ4v) is 6.03. The number of para-hydroxylation sites is 1. The lowest BCUT2D eigenvalue weighted by atomic mass is 9.97. The number of rotatable bonds is 13. The molecule has 6 rings (SSSR count). The minimum atomic E-state index is -0.540. The van der Waals surface area contributed by atoms with E-state index in [0.717, 1.165) is 58.6 Å². The van der Waals surface area contributed by atoms with Crippen LogP contribution in [0.4, 0.5) is 10.5 Å². The Kier molecular flexibility index (Phi) is 11.7. The lowest BCUT2D eigenvalue weighted by Gasteiger charge is -2.37. The van der Waals surface area contributed by atoms with Crippen molar-refractivity contribution in [2.45, 2.75) is 38.1 Å². The summed E-state index contributed by atoms with van der Waals surface area (Å²) in [6.45, 7) is 5.74. The largest absolute Gasteiger partial charge is 0.457 e. The van der Waals surface area contributed by atoms with E-state index in [9.17, 15) is 9.90 Å². The molecule has 1 heterocycles. The number of aliphatic hydroxyl groups excluding tert-OH is 1. The molecule has 0 aromatic heterocycles. The van der Waals surface area contributed by atoms with Gasteiger partial charge in [-0.1, -0.05) is 97.1 Å². The summed E-state index contributed by atoms with van der Waals surface area (Å²) in [6, 6.07) is 40.7. The lowest BCUT2D eigenvalue weighted by Crippen LogP contribution is -2.37. The number of hydrogen-bond acceptors (Lipinski definition) is 6. The third-order valence-corrected chi connectivity index (χ3v) is 8.61. The average molecular weight is 670 g/mol. The van der Waals surface area contributed by atoms with Gasteiger partial charge in [0, 0.05) is 37.3 Å². The molecule has 256 valence electrons. The molecule has 1 aliphatic rings. The van der Waals surface area contributed by atoms with Crippen molar-refractivity contribution >= 4 is 11.7 Å². The van der Waals surface area contributed by atoms with E-state index in [1.807, 2.05) is 115 Å². The molecule has 3 unspecified atom stereocenters. The number of ether oxygens (including phenoxy) is 3. The van der Waals surface area contributed by atoms with E-state index in [1.54, 1.807) is 0 Å². The van der Waals surface area contributed by atoms with Crippen molar-refractivity contribution in [3.63, 3.8) is 0 Å². The van der Waals surface area contributed by atoms with Gasteiger partial charge in [-0.05, 0) is 71.3 Å². The van der Waals surface area contributed by atoms with Crippen molar-refractivity contribution in [3.05, 3.63) is 162 Å². The van der Waals surface area contributed by atoms with E-state index < -0.39 is 6.29 Å². The zero-order valence-electron chi connectivity index (χ0n) is 28.2. The van der Waals surface area contributed by atoms with Crippen LogP contribution in [0.1, 0.15) is 41.1 Å². The molecule has 0 aliphatic carbocycles. The predicted molar refractivity (Wildman–Crippen MR) is 197 cm³/mol. The van der Waals surface area contributed by atoms with E-state index in [1.165, 1.54) is 0 Å². The molecule has 3 N–H and O–H groups in total. The molecule has 8 heteroatoms. The van der Waals surface area contributed by atoms with Crippen LogP contribution in [0.5, 0.6) is 11.5 Å². The number of hydrogen-bond donors (Lipinski definition) is 3. The number of carbonyl (C=O) groups excluding carboxylic acids is 1. The molecular weight excluding hydrogens is 626 g/mol. The Morgan fingerprint density at radius 3 is 2.26 bits per heavy atom. The molecule has 1 saturated heterocycles. The van der Waals surface area contributed by atoms with Gasteiger partial charge in [0.25, 0.3) is 0 Å². The van der Waals surface area contributed by atoms with Gasteiger partial charge in [-0.2, -0.15) is 0 Å². The Balaban J connectivity index is 1.10. The second-order valence-electron chi connectivity index (χ2n) is 12.4. The first-order chi connectivity index (χ1) is 24.5. The van der Waals surface area contributed by atoms with Crippen LogP contribution in [-0.4, -0.2) is 42.3 Å². The summed E-state index contributed by atoms with van der Waals surface area (Å²) in [7, 11) is 2.06. The first-order valence-electron chi connectivity index (χ1n) is 16.8. The normalized spacial score (nSPS) is 17.2. The first-order valence-corrected chi connectivity index (χ1v) is 16.8. The zero-order valence-corrected chi connectivity index (χ0v) is 28.2. The van der Waals surface area contributed by atoms with Gasteiger partial charge in [0.2, 0.25) is 0 Å². The molecule has 0 radical (unpaired) electrons. The van der Waals surface area contributed by atoms with Crippen LogP contribution >= 0.6 is 0 Å². The summed E-state index contributed by atoms with van der Waals surface area (Å²) in [5, 5.41) is 15.4. The van der Waals surface area contributed by atoms with Crippen LogP contribution in [0.2, 0.25) is 0 Å². The highest BCUT2D eigenvalue weighted by Crippen LogP contribution is 2.39. The second-order valence-corrected chi connectivity index (χ2v) is 12.4. The van der Waals surface area contributed by atoms with Gasteiger partial charge in [-0.3, -0.25) is 0 Å². The van der Waals surface area contributed by atoms with E-state index in [0.29, 0.717) is 18.0 Å². The number of likely N-dealkylation sites (N-methyl/N-ethyl adjacent to an activating group) is 1. The van der Waals surface area contributed by atoms with E-state index in [2.05, 4.69) is 47.4 Å². The van der Waals surface area contributed by atoms with Crippen LogP contribution < -0.4 is 15.4 Å². The number of nitrogens with one attached hydrogen (secondary N) is 2. The van der Waals surface area contributed by atoms with Gasteiger partial charge in [-0.25, -0.2) is 4.79 Å². The molecule has 5 aromatic rings. The van der Waals surface area contributed by atoms with E-state index in [4.69, 9.17) is 14.2 Å². The van der Waals surface area contributed by atoms with Gasteiger partial charge in [0.15, 0.2) is 6.29 Å². The minimum Gasteiger partial charge on any atom is -0.457 e. The molecule has 3 atom stereocenters. The quantitative estimate of drug-likeness (QED) is 0.109. The highest BCUT2D eigenvalue weighted by molar-refractivity contribution is 5.89. The molecule has 0 spiro atoms. The predicted octanol–water partition coefficient (Wildman–Crippen LogP) is 8.62. The molecule has 8 nitrogen and oxygen atoms in total. The fraction of sp³-hybridized carbons (Fsp3) is 0.214. The van der Waals surface area contributed by atoms with Crippen molar-refractivity contribution in [2.24, 2.45) is 0 Å². The molecule has 0 saturated carbocycles. The molecule has 5 aromatic carbocycles. The minimum absolute atomic E-state index is 0.00569. The van der Waals surface area contributed by atoms with Gasteiger partial charge < -0.3 is 34.9 Å². The molecule has 2 amide bonds. The lowest BCUT2D eigenvalue weighted by molar-refractivity contribution is -0.252. The monoisotopic (exact) mass is 669 g/mol. The van der Waals surface area contributed by atoms with E-state index in [-0.39, 0.29) is 24.8 Å². The number of amides is 2. The summed E-state index contributed by atoms with van der Waals surface area (Å²) in [5.41, 5.74) is 6.56. The van der Waals surface area contributed by atoms with Crippen LogP contribution in [-0.2, 0) is 22.6 Å². The summed E-state index contributed by atoms with van der Waals surface area (Å²) in [5.74, 6) is 1.44. The second kappa shape index (κ2) is 16.9. The number of benzene rings is 5. The number of carbonyl (C=O) groups is 1. The number of aliphatic hydroxyl groups is 1. The van der Waals surface area contributed by atoms with Gasteiger partial charge >= 0.3 is 6.03 Å². The molecule has 1 fully saturated rings. The first kappa shape index (κ1) is 34.6. The van der Waals surface area contributed by atoms with Crippen LogP contribution in [0.3, 0.4) is 0 Å². The van der Waals surface area contributed by atoms with Crippen molar-refractivity contribution < 1.29 is 24.1 Å². The summed E-state index contributed by atoms with van der Waals surface area (Å²) < 4.78 is 18.9. The smallest absolute Gasteiger partial charge is 0.319 e. The Morgan fingerprint density at radius 1 is 0.860 bits per heavy atom. The third-order valence-electron chi connectivity index (χ3n) is 8.61. The molecule has 1 aliphatic heterocycles. The summed E-state index contributed by atoms with van der Waals surface area (Å²) in [6.07, 6.45) is 1.88. The average Bonchev–Trinajstić information content (AvgIpc) is 3.15. The van der Waals surface area contributed by atoms with E-state index >= 15 is 0 Å². The van der Waals surface area contributed by atoms with Crippen molar-refractivity contribution in [3.8, 4) is 22.6 Å². The van der Waals surface area contributed by atoms with Crippen molar-refractivity contribution in [1.82, 2.24) is 10.2 Å². The highest BCUT2D eigenvalue weighted by Gasteiger charge is 2.32. The van der Waals surface area contributed by atoms with Gasteiger partial charge in [-0.15, -0.1) is 6.58 Å². The number of anilines is 1. The Morgan fingerprint density at radius 2 is 1.54 bits per heavy atom. The molecular formula is C42H43N3O5. The number of nitrogens with zero attached hydrogens (tertiary/aromatic N) is 1. The SMILES string of the molecule is C=CCN(C)CC1CC(c2ccc(CO)cc2)OC(c2ccc(-c3ccccc3CNC(=O)Nc3ccc(Oc4ccccc4)cc3)cc2)O1. The topological polar surface area (TPSA) is 92.3 Å². The fourth-order valence-electron chi connectivity index (χ4n) is 6.03. The van der Waals surface area contributed by atoms with Crippen molar-refractivity contribution in [2.75, 3.05) is 25.5 Å². The zero-order chi connectivity index (χ0) is 34.7. The summed E-state index contributed by atoms with van der Waals surface area (Å²) >= 11 is 0. The maximum Gasteiger partial charge on any atom is 0.319 e. The molecule has 50 heavy (non-hydrogen) atoms. The molecule has 0 bridgehead atoms. The van der Waals surface area contributed by atoms with Gasteiger partial charge in [0.1, 0.15) is 11.5 Å². The van der Waals surface area contributed by atoms with Crippen LogP contribution in [0.25, 0.3) is 11.1 Å². The standard InChI is InChI=1S/C42H43N3O5/c1-3-25-45(2)28-38-26-40(32-15-13-30(29-46)14-16-32)50-41(49-38)33-19-17-31(18-20-33)39-12-8-7-9-34(39)27-43-42(47)44-35-21-23-37(24-22-35)48-36-10-5-4-6-11-36/h3-24,38,40-41,46H,1,25-29H2,2H3,(H2,43,44,47). The van der Waals surface area contributed by atoms with Crippen LogP contribution in [0, 0.1) is 0 Å².